The van der Waals surface area contributed by atoms with Gasteiger partial charge in [0.25, 0.3) is 5.91 Å². The van der Waals surface area contributed by atoms with Gasteiger partial charge in [-0.15, -0.1) is 0 Å². The minimum absolute atomic E-state index is 0.171. The highest BCUT2D eigenvalue weighted by atomic mass is 19.1. The van der Waals surface area contributed by atoms with E-state index in [-0.39, 0.29) is 17.8 Å². The molecule has 0 unspecified atom stereocenters. The van der Waals surface area contributed by atoms with Crippen LogP contribution < -0.4 is 24.8 Å². The maximum absolute atomic E-state index is 14.8. The molecule has 0 fully saturated rings. The fourth-order valence-electron chi connectivity index (χ4n) is 3.92. The summed E-state index contributed by atoms with van der Waals surface area (Å²) in [6, 6.07) is 12.7. The van der Waals surface area contributed by atoms with Gasteiger partial charge in [-0.1, -0.05) is 18.2 Å². The van der Waals surface area contributed by atoms with Crippen LogP contribution >= 0.6 is 0 Å². The highest BCUT2D eigenvalue weighted by Gasteiger charge is 2.20. The van der Waals surface area contributed by atoms with E-state index in [4.69, 9.17) is 14.2 Å². The summed E-state index contributed by atoms with van der Waals surface area (Å²) in [6.07, 6.45) is 2.43. The van der Waals surface area contributed by atoms with Gasteiger partial charge in [0.05, 0.1) is 32.6 Å². The van der Waals surface area contributed by atoms with Crippen molar-refractivity contribution in [3.8, 4) is 17.2 Å². The Hall–Kier alpha value is -4.27. The van der Waals surface area contributed by atoms with E-state index < -0.39 is 17.5 Å². The minimum atomic E-state index is -0.916. The first-order valence-corrected chi connectivity index (χ1v) is 10.8. The van der Waals surface area contributed by atoms with Crippen molar-refractivity contribution in [3.05, 3.63) is 77.5 Å². The van der Waals surface area contributed by atoms with Crippen molar-refractivity contribution in [1.29, 1.82) is 0 Å². The smallest absolute Gasteiger partial charge is 0.253 e. The lowest BCUT2D eigenvalue weighted by Crippen LogP contribution is -2.26. The Bertz CT molecular complexity index is 1350. The van der Waals surface area contributed by atoms with Crippen LogP contribution in [0.3, 0.4) is 0 Å². The van der Waals surface area contributed by atoms with Crippen molar-refractivity contribution in [2.45, 2.75) is 6.42 Å². The van der Waals surface area contributed by atoms with E-state index in [9.17, 15) is 13.6 Å². The van der Waals surface area contributed by atoms with Gasteiger partial charge in [0, 0.05) is 47.5 Å². The van der Waals surface area contributed by atoms with E-state index in [1.165, 1.54) is 21.3 Å². The number of aromatic nitrogens is 1. The Kier molecular flexibility index (Phi) is 7.05. The standard InChI is InChI=1S/C26H25F2N3O4/c1-33-22-12-17(13-23(34-2)25(22)35-3)31-24-19(10-16(27)11-20(24)28)26(32)29-9-8-15-14-30-21-7-5-4-6-18(15)21/h4-7,10-14,30-31H,8-9H2,1-3H3,(H,29,32). The molecule has 9 heteroatoms. The van der Waals surface area contributed by atoms with Crippen LogP contribution in [-0.2, 0) is 6.42 Å². The van der Waals surface area contributed by atoms with E-state index in [1.807, 2.05) is 30.5 Å². The molecule has 1 amide bonds. The number of methoxy groups -OCH3 is 3. The van der Waals surface area contributed by atoms with E-state index in [1.54, 1.807) is 12.1 Å². The molecule has 0 aliphatic carbocycles. The zero-order valence-electron chi connectivity index (χ0n) is 19.5. The average molecular weight is 481 g/mol. The van der Waals surface area contributed by atoms with Gasteiger partial charge in [-0.2, -0.15) is 0 Å². The lowest BCUT2D eigenvalue weighted by Gasteiger charge is -2.17. The molecule has 7 nitrogen and oxygen atoms in total. The number of fused-ring (bicyclic) bond motifs is 1. The number of hydrogen-bond donors (Lipinski definition) is 3. The number of hydrogen-bond acceptors (Lipinski definition) is 5. The first-order valence-electron chi connectivity index (χ1n) is 10.8. The summed E-state index contributed by atoms with van der Waals surface area (Å²) in [5, 5.41) is 6.66. The maximum Gasteiger partial charge on any atom is 0.253 e. The first kappa shape index (κ1) is 23.9. The van der Waals surface area contributed by atoms with Crippen molar-refractivity contribution in [3.63, 3.8) is 0 Å². The van der Waals surface area contributed by atoms with Crippen LogP contribution in [0.4, 0.5) is 20.2 Å². The van der Waals surface area contributed by atoms with Crippen LogP contribution in [0.1, 0.15) is 15.9 Å². The van der Waals surface area contributed by atoms with E-state index in [0.717, 1.165) is 22.5 Å². The molecular formula is C26H25F2N3O4. The maximum atomic E-state index is 14.8. The van der Waals surface area contributed by atoms with Gasteiger partial charge >= 0.3 is 0 Å². The average Bonchev–Trinajstić information content (AvgIpc) is 3.27. The van der Waals surface area contributed by atoms with E-state index in [0.29, 0.717) is 35.4 Å². The molecule has 35 heavy (non-hydrogen) atoms. The molecule has 0 atom stereocenters. The molecule has 0 bridgehead atoms. The molecule has 4 rings (SSSR count). The summed E-state index contributed by atoms with van der Waals surface area (Å²) < 4.78 is 44.8. The number of carbonyl (C=O) groups excluding carboxylic acids is 1. The fourth-order valence-corrected chi connectivity index (χ4v) is 3.92. The van der Waals surface area contributed by atoms with Crippen LogP contribution in [0, 0.1) is 11.6 Å². The second kappa shape index (κ2) is 10.3. The molecule has 182 valence electrons. The summed E-state index contributed by atoms with van der Waals surface area (Å²) >= 11 is 0. The topological polar surface area (TPSA) is 84.6 Å². The lowest BCUT2D eigenvalue weighted by atomic mass is 10.1. The van der Waals surface area contributed by atoms with Crippen molar-refractivity contribution < 1.29 is 27.8 Å². The number of halogens is 2. The third-order valence-corrected chi connectivity index (χ3v) is 5.59. The molecule has 0 saturated heterocycles. The Balaban J connectivity index is 1.57. The summed E-state index contributed by atoms with van der Waals surface area (Å²) in [4.78, 5) is 16.1. The normalized spacial score (nSPS) is 10.8. The number of para-hydroxylation sites is 1. The molecule has 3 N–H and O–H groups in total. The van der Waals surface area contributed by atoms with Crippen molar-refractivity contribution in [1.82, 2.24) is 10.3 Å². The predicted molar refractivity (Wildman–Crippen MR) is 130 cm³/mol. The molecule has 0 saturated carbocycles. The molecule has 4 aromatic rings. The van der Waals surface area contributed by atoms with Crippen LogP contribution in [0.25, 0.3) is 10.9 Å². The summed E-state index contributed by atoms with van der Waals surface area (Å²) in [5.74, 6) is -1.36. The Morgan fingerprint density at radius 1 is 0.971 bits per heavy atom. The number of ether oxygens (including phenoxy) is 3. The van der Waals surface area contributed by atoms with E-state index >= 15 is 0 Å². The highest BCUT2D eigenvalue weighted by Crippen LogP contribution is 2.41. The molecule has 0 radical (unpaired) electrons. The molecule has 1 aromatic heterocycles. The van der Waals surface area contributed by atoms with Gasteiger partial charge in [0.2, 0.25) is 5.75 Å². The van der Waals surface area contributed by atoms with Crippen LogP contribution in [0.5, 0.6) is 17.2 Å². The highest BCUT2D eigenvalue weighted by molar-refractivity contribution is 6.00. The van der Waals surface area contributed by atoms with E-state index in [2.05, 4.69) is 15.6 Å². The number of H-pyrrole nitrogens is 1. The van der Waals surface area contributed by atoms with Crippen molar-refractivity contribution in [2.75, 3.05) is 33.2 Å². The second-order valence-electron chi connectivity index (χ2n) is 7.71. The molecule has 0 aliphatic rings. The lowest BCUT2D eigenvalue weighted by molar-refractivity contribution is 0.0954. The number of rotatable bonds is 9. The first-order chi connectivity index (χ1) is 16.9. The van der Waals surface area contributed by atoms with Crippen molar-refractivity contribution in [2.24, 2.45) is 0 Å². The Labute approximate surface area is 201 Å². The van der Waals surface area contributed by atoms with Crippen LogP contribution in [0.15, 0.2) is 54.7 Å². The number of nitrogens with one attached hydrogen (secondary N) is 3. The van der Waals surface area contributed by atoms with Gasteiger partial charge in [-0.25, -0.2) is 8.78 Å². The molecule has 0 aliphatic heterocycles. The van der Waals surface area contributed by atoms with Crippen LogP contribution in [0.2, 0.25) is 0 Å². The minimum Gasteiger partial charge on any atom is -0.493 e. The van der Waals surface area contributed by atoms with Gasteiger partial charge < -0.3 is 29.8 Å². The second-order valence-corrected chi connectivity index (χ2v) is 7.71. The number of benzene rings is 3. The number of aromatic amines is 1. The number of carbonyl (C=O) groups is 1. The third-order valence-electron chi connectivity index (χ3n) is 5.59. The molecule has 3 aromatic carbocycles. The third kappa shape index (κ3) is 4.98. The van der Waals surface area contributed by atoms with Crippen LogP contribution in [-0.4, -0.2) is 38.8 Å². The molecule has 0 spiro atoms. The summed E-state index contributed by atoms with van der Waals surface area (Å²) in [5.41, 5.74) is 2.04. The van der Waals surface area contributed by atoms with Gasteiger partial charge in [0.1, 0.15) is 11.6 Å². The zero-order chi connectivity index (χ0) is 24.9. The predicted octanol–water partition coefficient (Wildman–Crippen LogP) is 5.19. The van der Waals surface area contributed by atoms with Crippen molar-refractivity contribution >= 4 is 28.2 Å². The summed E-state index contributed by atoms with van der Waals surface area (Å²) in [6.45, 7) is 0.280. The monoisotopic (exact) mass is 481 g/mol. The summed E-state index contributed by atoms with van der Waals surface area (Å²) in [7, 11) is 4.37. The Morgan fingerprint density at radius 2 is 1.69 bits per heavy atom. The fraction of sp³-hybridized carbons (Fsp3) is 0.192. The SMILES string of the molecule is COc1cc(Nc2c(F)cc(F)cc2C(=O)NCCc2c[nH]c3ccccc23)cc(OC)c1OC. The number of amides is 1. The quantitative estimate of drug-likeness (QED) is 0.307. The molecular weight excluding hydrogens is 456 g/mol. The Morgan fingerprint density at radius 3 is 2.37 bits per heavy atom. The number of anilines is 2. The van der Waals surface area contributed by atoms with Gasteiger partial charge in [0.15, 0.2) is 11.5 Å². The zero-order valence-corrected chi connectivity index (χ0v) is 19.5. The van der Waals surface area contributed by atoms with Gasteiger partial charge in [-0.05, 0) is 24.1 Å². The van der Waals surface area contributed by atoms with Gasteiger partial charge in [-0.3, -0.25) is 4.79 Å². The largest absolute Gasteiger partial charge is 0.493 e. The molecule has 1 heterocycles.